The van der Waals surface area contributed by atoms with Crippen LogP contribution >= 0.6 is 0 Å². The van der Waals surface area contributed by atoms with Crippen LogP contribution < -0.4 is 24.5 Å². The molecule has 0 fully saturated rings. The molecule has 2 aromatic carbocycles. The van der Waals surface area contributed by atoms with Gasteiger partial charge in [-0.3, -0.25) is 14.4 Å². The Morgan fingerprint density at radius 3 is 2.34 bits per heavy atom. The SMILES string of the molecule is COc1ccc(N=Cc2c(C)c(C#N)c(=O)n(CCc3ccc(OC)c(OC)c3)c2O)c(OC)c1. The lowest BCUT2D eigenvalue weighted by Gasteiger charge is -2.15. The molecule has 0 aliphatic carbocycles. The zero-order valence-corrected chi connectivity index (χ0v) is 20.3. The van der Waals surface area contributed by atoms with Gasteiger partial charge < -0.3 is 24.1 Å². The molecular formula is C26H27N3O6. The van der Waals surface area contributed by atoms with Crippen LogP contribution in [0.4, 0.5) is 5.69 Å². The number of ether oxygens (including phenoxy) is 4. The van der Waals surface area contributed by atoms with Gasteiger partial charge in [0, 0.05) is 18.8 Å². The van der Waals surface area contributed by atoms with E-state index < -0.39 is 5.56 Å². The monoisotopic (exact) mass is 477 g/mol. The van der Waals surface area contributed by atoms with Gasteiger partial charge in [-0.15, -0.1) is 0 Å². The van der Waals surface area contributed by atoms with Gasteiger partial charge in [0.15, 0.2) is 11.5 Å². The summed E-state index contributed by atoms with van der Waals surface area (Å²) >= 11 is 0. The summed E-state index contributed by atoms with van der Waals surface area (Å²) in [6, 6.07) is 12.5. The van der Waals surface area contributed by atoms with Crippen LogP contribution in [0.2, 0.25) is 0 Å². The van der Waals surface area contributed by atoms with Crippen LogP contribution in [0.5, 0.6) is 28.9 Å². The first-order valence-corrected chi connectivity index (χ1v) is 10.7. The second-order valence-corrected chi connectivity index (χ2v) is 7.54. The van der Waals surface area contributed by atoms with Gasteiger partial charge in [-0.1, -0.05) is 6.07 Å². The van der Waals surface area contributed by atoms with E-state index in [-0.39, 0.29) is 23.6 Å². The summed E-state index contributed by atoms with van der Waals surface area (Å²) in [4.78, 5) is 17.4. The molecule has 182 valence electrons. The van der Waals surface area contributed by atoms with E-state index in [9.17, 15) is 15.2 Å². The van der Waals surface area contributed by atoms with Crippen LogP contribution in [0.25, 0.3) is 0 Å². The second kappa shape index (κ2) is 11.1. The maximum absolute atomic E-state index is 12.9. The zero-order chi connectivity index (χ0) is 25.5. The third kappa shape index (κ3) is 5.22. The van der Waals surface area contributed by atoms with Gasteiger partial charge in [-0.25, -0.2) is 0 Å². The Labute approximate surface area is 203 Å². The topological polar surface area (TPSA) is 115 Å². The number of pyridine rings is 1. The van der Waals surface area contributed by atoms with E-state index in [1.807, 2.05) is 12.1 Å². The molecule has 0 aliphatic heterocycles. The normalized spacial score (nSPS) is 10.7. The molecule has 0 bridgehead atoms. The molecule has 0 radical (unpaired) electrons. The Kier molecular flexibility index (Phi) is 8.00. The van der Waals surface area contributed by atoms with Crippen LogP contribution in [-0.2, 0) is 13.0 Å². The lowest BCUT2D eigenvalue weighted by molar-refractivity contribution is 0.354. The quantitative estimate of drug-likeness (QED) is 0.467. The van der Waals surface area contributed by atoms with Crippen molar-refractivity contribution in [2.24, 2.45) is 4.99 Å². The number of hydrogen-bond donors (Lipinski definition) is 1. The molecule has 0 unspecified atom stereocenters. The summed E-state index contributed by atoms with van der Waals surface area (Å²) in [7, 11) is 6.16. The number of benzene rings is 2. The van der Waals surface area contributed by atoms with Crippen molar-refractivity contribution >= 4 is 11.9 Å². The third-order valence-electron chi connectivity index (χ3n) is 5.64. The fraction of sp³-hybridized carbons (Fsp3) is 0.269. The lowest BCUT2D eigenvalue weighted by Crippen LogP contribution is -2.26. The number of hydrogen-bond acceptors (Lipinski definition) is 8. The number of aliphatic imine (C=N–C) groups is 1. The predicted molar refractivity (Wildman–Crippen MR) is 132 cm³/mol. The van der Waals surface area contributed by atoms with Crippen LogP contribution in [0, 0.1) is 18.3 Å². The number of aromatic hydroxyl groups is 1. The highest BCUT2D eigenvalue weighted by molar-refractivity contribution is 5.88. The fourth-order valence-corrected chi connectivity index (χ4v) is 3.64. The van der Waals surface area contributed by atoms with Crippen molar-refractivity contribution in [1.82, 2.24) is 4.57 Å². The Morgan fingerprint density at radius 1 is 1.00 bits per heavy atom. The molecule has 0 saturated heterocycles. The van der Waals surface area contributed by atoms with Gasteiger partial charge in [0.05, 0.1) is 34.0 Å². The molecule has 3 rings (SSSR count). The second-order valence-electron chi connectivity index (χ2n) is 7.54. The van der Waals surface area contributed by atoms with Crippen molar-refractivity contribution in [3.8, 4) is 34.9 Å². The molecule has 9 nitrogen and oxygen atoms in total. The van der Waals surface area contributed by atoms with E-state index in [1.54, 1.807) is 58.6 Å². The molecule has 3 aromatic rings. The van der Waals surface area contributed by atoms with Gasteiger partial charge in [0.2, 0.25) is 5.88 Å². The smallest absolute Gasteiger partial charge is 0.271 e. The molecule has 0 saturated carbocycles. The predicted octanol–water partition coefficient (Wildman–Crippen LogP) is 3.76. The van der Waals surface area contributed by atoms with Crippen LogP contribution in [0.3, 0.4) is 0 Å². The summed E-state index contributed by atoms with van der Waals surface area (Å²) < 4.78 is 22.3. The molecule has 0 amide bonds. The largest absolute Gasteiger partial charge is 0.497 e. The average Bonchev–Trinajstić information content (AvgIpc) is 2.88. The molecule has 35 heavy (non-hydrogen) atoms. The molecule has 1 N–H and O–H groups in total. The first kappa shape index (κ1) is 25.2. The van der Waals surface area contributed by atoms with Gasteiger partial charge in [-0.2, -0.15) is 5.26 Å². The lowest BCUT2D eigenvalue weighted by atomic mass is 10.1. The molecule has 1 heterocycles. The number of nitrogens with zero attached hydrogens (tertiary/aromatic N) is 3. The zero-order valence-electron chi connectivity index (χ0n) is 20.3. The van der Waals surface area contributed by atoms with Crippen molar-refractivity contribution < 1.29 is 24.1 Å². The molecule has 1 aromatic heterocycles. The molecule has 0 aliphatic rings. The van der Waals surface area contributed by atoms with Gasteiger partial charge in [-0.05, 0) is 48.7 Å². The molecule has 0 atom stereocenters. The number of aromatic nitrogens is 1. The highest BCUT2D eigenvalue weighted by atomic mass is 16.5. The summed E-state index contributed by atoms with van der Waals surface area (Å²) in [5, 5.41) is 20.6. The summed E-state index contributed by atoms with van der Waals surface area (Å²) in [5.41, 5.74) is 1.35. The standard InChI is InChI=1S/C26H27N3O6/c1-16-19(14-27)25(30)29(11-10-17-6-9-22(33-3)24(12-17)35-5)26(31)20(16)15-28-21-8-7-18(32-2)13-23(21)34-4/h6-9,12-13,15,31H,10-11H2,1-5H3. The number of rotatable bonds is 9. The van der Waals surface area contributed by atoms with Crippen molar-refractivity contribution in [2.45, 2.75) is 19.9 Å². The van der Waals surface area contributed by atoms with E-state index in [2.05, 4.69) is 4.99 Å². The molecule has 0 spiro atoms. The van der Waals surface area contributed by atoms with Crippen molar-refractivity contribution in [3.63, 3.8) is 0 Å². The number of aryl methyl sites for hydroxylation is 1. The molecular weight excluding hydrogens is 450 g/mol. The minimum absolute atomic E-state index is 0.0572. The van der Waals surface area contributed by atoms with Crippen molar-refractivity contribution in [3.05, 3.63) is 69.0 Å². The number of methoxy groups -OCH3 is 4. The Hall–Kier alpha value is -4.45. The summed E-state index contributed by atoms with van der Waals surface area (Å²) in [6.07, 6.45) is 1.83. The number of nitriles is 1. The minimum atomic E-state index is -0.567. The maximum atomic E-state index is 12.9. The Morgan fingerprint density at radius 2 is 1.71 bits per heavy atom. The van der Waals surface area contributed by atoms with E-state index in [4.69, 9.17) is 18.9 Å². The minimum Gasteiger partial charge on any atom is -0.497 e. The molecule has 9 heteroatoms. The van der Waals surface area contributed by atoms with E-state index in [1.165, 1.54) is 17.9 Å². The first-order valence-electron chi connectivity index (χ1n) is 10.7. The van der Waals surface area contributed by atoms with Crippen molar-refractivity contribution in [1.29, 1.82) is 5.26 Å². The first-order chi connectivity index (χ1) is 16.9. The van der Waals surface area contributed by atoms with Gasteiger partial charge in [0.25, 0.3) is 5.56 Å². The third-order valence-corrected chi connectivity index (χ3v) is 5.64. The van der Waals surface area contributed by atoms with E-state index >= 15 is 0 Å². The fourth-order valence-electron chi connectivity index (χ4n) is 3.64. The van der Waals surface area contributed by atoms with Crippen LogP contribution in [-0.4, -0.2) is 44.3 Å². The highest BCUT2D eigenvalue weighted by Gasteiger charge is 2.18. The van der Waals surface area contributed by atoms with Crippen molar-refractivity contribution in [2.75, 3.05) is 28.4 Å². The van der Waals surface area contributed by atoms with Crippen LogP contribution in [0.1, 0.15) is 22.3 Å². The van der Waals surface area contributed by atoms with Crippen LogP contribution in [0.15, 0.2) is 46.2 Å². The average molecular weight is 478 g/mol. The van der Waals surface area contributed by atoms with E-state index in [0.717, 1.165) is 5.56 Å². The Bertz CT molecular complexity index is 1350. The highest BCUT2D eigenvalue weighted by Crippen LogP contribution is 2.32. The maximum Gasteiger partial charge on any atom is 0.271 e. The summed E-state index contributed by atoms with van der Waals surface area (Å²) in [5.74, 6) is 1.95. The summed E-state index contributed by atoms with van der Waals surface area (Å²) in [6.45, 7) is 1.74. The van der Waals surface area contributed by atoms with Gasteiger partial charge >= 0.3 is 0 Å². The Balaban J connectivity index is 2.00. The van der Waals surface area contributed by atoms with Gasteiger partial charge in [0.1, 0.15) is 28.8 Å². The van der Waals surface area contributed by atoms with E-state index in [0.29, 0.717) is 40.7 Å².